The van der Waals surface area contributed by atoms with Crippen LogP contribution in [0, 0.1) is 0 Å². The highest BCUT2D eigenvalue weighted by atomic mass is 19.1. The predicted octanol–water partition coefficient (Wildman–Crippen LogP) is 2.32. The van der Waals surface area contributed by atoms with Crippen LogP contribution in [0.1, 0.15) is 5.56 Å². The average Bonchev–Trinajstić information content (AvgIpc) is 2.18. The minimum atomic E-state index is -0.758. The van der Waals surface area contributed by atoms with E-state index < -0.39 is 6.67 Å². The predicted molar refractivity (Wildman–Crippen MR) is 50.3 cm³/mol. The highest BCUT2D eigenvalue weighted by Gasteiger charge is 2.06. The lowest BCUT2D eigenvalue weighted by molar-refractivity contribution is -0.115. The third kappa shape index (κ3) is 2.82. The third-order valence-electron chi connectivity index (χ3n) is 1.76. The van der Waals surface area contributed by atoms with Gasteiger partial charge in [0.15, 0.2) is 5.78 Å². The number of hydrogen-bond donors (Lipinski definition) is 0. The summed E-state index contributed by atoms with van der Waals surface area (Å²) in [6, 6.07) is 9.24. The molecule has 1 aromatic carbocycles. The number of Topliss-reactive ketones (excluding diaryl/α,β-unsaturated/α-hetero) is 1. The Balaban J connectivity index is 2.60. The Morgan fingerprint density at radius 3 is 2.46 bits per heavy atom. The molecule has 0 fully saturated rings. The largest absolute Gasteiger partial charge is 0.294 e. The second-order valence-electron chi connectivity index (χ2n) is 2.82. The minimum absolute atomic E-state index is 0.0452. The maximum Gasteiger partial charge on any atom is 0.165 e. The molecule has 0 aliphatic rings. The van der Waals surface area contributed by atoms with E-state index in [0.717, 1.165) is 5.56 Å². The zero-order valence-electron chi connectivity index (χ0n) is 7.29. The summed E-state index contributed by atoms with van der Waals surface area (Å²) in [6.07, 6.45) is 0.240. The van der Waals surface area contributed by atoms with Gasteiger partial charge in [0.2, 0.25) is 0 Å². The fraction of sp³-hybridized carbons (Fsp3) is 0.182. The molecule has 0 aliphatic carbocycles. The molecule has 1 nitrogen and oxygen atoms in total. The van der Waals surface area contributed by atoms with E-state index in [-0.39, 0.29) is 17.8 Å². The van der Waals surface area contributed by atoms with Crippen molar-refractivity contribution in [3.63, 3.8) is 0 Å². The summed E-state index contributed by atoms with van der Waals surface area (Å²) in [5, 5.41) is 0. The summed E-state index contributed by atoms with van der Waals surface area (Å²) in [7, 11) is 0. The van der Waals surface area contributed by atoms with Gasteiger partial charge in [-0.3, -0.25) is 4.79 Å². The lowest BCUT2D eigenvalue weighted by atomic mass is 10.1. The van der Waals surface area contributed by atoms with E-state index in [9.17, 15) is 9.18 Å². The summed E-state index contributed by atoms with van der Waals surface area (Å²) in [6.45, 7) is 2.59. The van der Waals surface area contributed by atoms with Gasteiger partial charge in [-0.15, -0.1) is 0 Å². The van der Waals surface area contributed by atoms with Gasteiger partial charge < -0.3 is 0 Å². The van der Waals surface area contributed by atoms with Crippen LogP contribution in [0.5, 0.6) is 0 Å². The van der Waals surface area contributed by atoms with Crippen LogP contribution in [-0.4, -0.2) is 12.5 Å². The molecule has 0 heterocycles. The molecule has 0 aliphatic heterocycles. The maximum atomic E-state index is 12.0. The quantitative estimate of drug-likeness (QED) is 0.647. The molecule has 0 radical (unpaired) electrons. The molecule has 0 bridgehead atoms. The highest BCUT2D eigenvalue weighted by molar-refractivity contribution is 5.96. The lowest BCUT2D eigenvalue weighted by Crippen LogP contribution is -2.06. The molecule has 13 heavy (non-hydrogen) atoms. The van der Waals surface area contributed by atoms with Gasteiger partial charge in [-0.1, -0.05) is 36.9 Å². The number of halogens is 1. The summed E-state index contributed by atoms with van der Waals surface area (Å²) >= 11 is 0. The number of carbonyl (C=O) groups excluding carboxylic acids is 1. The first-order valence-corrected chi connectivity index (χ1v) is 4.05. The Hall–Kier alpha value is -1.44. The van der Waals surface area contributed by atoms with Gasteiger partial charge in [0, 0.05) is 12.0 Å². The van der Waals surface area contributed by atoms with Crippen LogP contribution in [0.3, 0.4) is 0 Å². The zero-order valence-corrected chi connectivity index (χ0v) is 7.29. The van der Waals surface area contributed by atoms with Crippen LogP contribution in [-0.2, 0) is 11.2 Å². The highest BCUT2D eigenvalue weighted by Crippen LogP contribution is 2.04. The first-order valence-electron chi connectivity index (χ1n) is 4.05. The second-order valence-corrected chi connectivity index (χ2v) is 2.82. The lowest BCUT2D eigenvalue weighted by Gasteiger charge is -2.00. The molecule has 68 valence electrons. The fourth-order valence-corrected chi connectivity index (χ4v) is 0.981. The fourth-order valence-electron chi connectivity index (χ4n) is 0.981. The van der Waals surface area contributed by atoms with E-state index in [1.54, 1.807) is 0 Å². The minimum Gasteiger partial charge on any atom is -0.294 e. The van der Waals surface area contributed by atoms with E-state index in [1.165, 1.54) is 0 Å². The molecule has 0 unspecified atom stereocenters. The van der Waals surface area contributed by atoms with Gasteiger partial charge in [0.1, 0.15) is 6.67 Å². The van der Waals surface area contributed by atoms with Gasteiger partial charge in [0.05, 0.1) is 0 Å². The first-order chi connectivity index (χ1) is 6.24. The number of allylic oxidation sites excluding steroid dienone is 1. The first kappa shape index (κ1) is 9.65. The topological polar surface area (TPSA) is 17.1 Å². The molecule has 0 atom stereocenters. The second kappa shape index (κ2) is 4.55. The van der Waals surface area contributed by atoms with Gasteiger partial charge in [-0.2, -0.15) is 0 Å². The molecular weight excluding hydrogens is 167 g/mol. The van der Waals surface area contributed by atoms with Crippen LogP contribution in [0.2, 0.25) is 0 Å². The SMILES string of the molecule is C=C(CF)C(=O)Cc1ccccc1. The van der Waals surface area contributed by atoms with Crippen molar-refractivity contribution < 1.29 is 9.18 Å². The maximum absolute atomic E-state index is 12.0. The van der Waals surface area contributed by atoms with Crippen molar-refractivity contribution in [3.8, 4) is 0 Å². The van der Waals surface area contributed by atoms with Crippen LogP contribution in [0.25, 0.3) is 0 Å². The van der Waals surface area contributed by atoms with Crippen LogP contribution < -0.4 is 0 Å². The molecule has 1 rings (SSSR count). The standard InChI is InChI=1S/C11H11FO/c1-9(8-12)11(13)7-10-5-3-2-4-6-10/h2-6H,1,7-8H2. The molecule has 0 saturated carbocycles. The summed E-state index contributed by atoms with van der Waals surface area (Å²) < 4.78 is 12.0. The number of carbonyl (C=O) groups is 1. The van der Waals surface area contributed by atoms with Crippen LogP contribution >= 0.6 is 0 Å². The molecule has 0 saturated heterocycles. The van der Waals surface area contributed by atoms with Gasteiger partial charge in [-0.25, -0.2) is 4.39 Å². The van der Waals surface area contributed by atoms with E-state index >= 15 is 0 Å². The van der Waals surface area contributed by atoms with E-state index in [2.05, 4.69) is 6.58 Å². The van der Waals surface area contributed by atoms with Crippen molar-refractivity contribution in [3.05, 3.63) is 48.0 Å². The average molecular weight is 178 g/mol. The van der Waals surface area contributed by atoms with Gasteiger partial charge >= 0.3 is 0 Å². The smallest absolute Gasteiger partial charge is 0.165 e. The Bertz CT molecular complexity index is 303. The van der Waals surface area contributed by atoms with Crippen molar-refractivity contribution in [1.82, 2.24) is 0 Å². The van der Waals surface area contributed by atoms with Crippen molar-refractivity contribution in [2.75, 3.05) is 6.67 Å². The Labute approximate surface area is 76.9 Å². The Morgan fingerprint density at radius 1 is 1.31 bits per heavy atom. The monoisotopic (exact) mass is 178 g/mol. The van der Waals surface area contributed by atoms with E-state index in [0.29, 0.717) is 0 Å². The zero-order chi connectivity index (χ0) is 9.68. The normalized spacial score (nSPS) is 9.62. The van der Waals surface area contributed by atoms with Crippen molar-refractivity contribution >= 4 is 5.78 Å². The van der Waals surface area contributed by atoms with Crippen LogP contribution in [0.15, 0.2) is 42.5 Å². The third-order valence-corrected chi connectivity index (χ3v) is 1.76. The van der Waals surface area contributed by atoms with Crippen molar-refractivity contribution in [2.45, 2.75) is 6.42 Å². The summed E-state index contributed by atoms with van der Waals surface area (Å²) in [5.74, 6) is -0.228. The van der Waals surface area contributed by atoms with E-state index in [4.69, 9.17) is 0 Å². The summed E-state index contributed by atoms with van der Waals surface area (Å²) in [4.78, 5) is 11.2. The Kier molecular flexibility index (Phi) is 3.38. The molecule has 2 heteroatoms. The number of ketones is 1. The number of alkyl halides is 1. The molecule has 0 aromatic heterocycles. The van der Waals surface area contributed by atoms with Gasteiger partial charge in [-0.05, 0) is 5.56 Å². The molecule has 0 N–H and O–H groups in total. The van der Waals surface area contributed by atoms with Gasteiger partial charge in [0.25, 0.3) is 0 Å². The molecule has 1 aromatic rings. The Morgan fingerprint density at radius 2 is 1.92 bits per heavy atom. The van der Waals surface area contributed by atoms with Crippen molar-refractivity contribution in [1.29, 1.82) is 0 Å². The van der Waals surface area contributed by atoms with E-state index in [1.807, 2.05) is 30.3 Å². The number of rotatable bonds is 4. The molecular formula is C11H11FO. The van der Waals surface area contributed by atoms with Crippen LogP contribution in [0.4, 0.5) is 4.39 Å². The summed E-state index contributed by atoms with van der Waals surface area (Å²) in [5.41, 5.74) is 0.936. The number of benzene rings is 1. The molecule has 0 amide bonds. The van der Waals surface area contributed by atoms with Crippen molar-refractivity contribution in [2.24, 2.45) is 0 Å². The molecule has 0 spiro atoms. The number of hydrogen-bond acceptors (Lipinski definition) is 1.